The van der Waals surface area contributed by atoms with Gasteiger partial charge in [0.25, 0.3) is 0 Å². The molecule has 1 aromatic heterocycles. The molecular formula is C26H28ClN5OS. The Morgan fingerprint density at radius 2 is 1.65 bits per heavy atom. The van der Waals surface area contributed by atoms with Gasteiger partial charge < -0.3 is 14.7 Å². The number of rotatable bonds is 5. The molecule has 0 radical (unpaired) electrons. The number of anilines is 2. The molecule has 1 fully saturated rings. The summed E-state index contributed by atoms with van der Waals surface area (Å²) in [4.78, 5) is 28.5. The van der Waals surface area contributed by atoms with Crippen LogP contribution in [0, 0.1) is 6.92 Å². The smallest absolute Gasteiger partial charge is 0.233 e. The molecule has 0 unspecified atom stereocenters. The Morgan fingerprint density at radius 1 is 0.941 bits per heavy atom. The molecule has 6 nitrogen and oxygen atoms in total. The number of fused-ring (bicyclic) bond motifs is 1. The lowest BCUT2D eigenvalue weighted by atomic mass is 10.00. The zero-order chi connectivity index (χ0) is 23.5. The third-order valence-corrected chi connectivity index (χ3v) is 7.55. The Bertz CT molecular complexity index is 1180. The molecule has 3 heterocycles. The van der Waals surface area contributed by atoms with Crippen LogP contribution in [0.15, 0.2) is 59.8 Å². The van der Waals surface area contributed by atoms with Gasteiger partial charge in [0, 0.05) is 51.0 Å². The molecule has 2 aromatic carbocycles. The van der Waals surface area contributed by atoms with E-state index in [0.717, 1.165) is 45.0 Å². The van der Waals surface area contributed by atoms with Crippen molar-refractivity contribution < 1.29 is 4.79 Å². The summed E-state index contributed by atoms with van der Waals surface area (Å²) in [6.07, 6.45) is 0.902. The van der Waals surface area contributed by atoms with Crippen LogP contribution < -0.4 is 9.80 Å². The molecule has 0 N–H and O–H groups in total. The fourth-order valence-electron chi connectivity index (χ4n) is 4.63. The molecule has 3 aromatic rings. The minimum absolute atomic E-state index is 0.108. The van der Waals surface area contributed by atoms with E-state index in [1.807, 2.05) is 17.0 Å². The Morgan fingerprint density at radius 3 is 2.44 bits per heavy atom. The van der Waals surface area contributed by atoms with Gasteiger partial charge >= 0.3 is 0 Å². The predicted octanol–water partition coefficient (Wildman–Crippen LogP) is 4.44. The Labute approximate surface area is 209 Å². The van der Waals surface area contributed by atoms with Crippen molar-refractivity contribution in [2.45, 2.75) is 25.0 Å². The third kappa shape index (κ3) is 5.15. The van der Waals surface area contributed by atoms with Crippen molar-refractivity contribution in [3.05, 3.63) is 76.4 Å². The number of aryl methyl sites for hydroxylation is 1. The number of benzene rings is 2. The van der Waals surface area contributed by atoms with Crippen molar-refractivity contribution >= 4 is 40.8 Å². The molecule has 0 saturated carbocycles. The van der Waals surface area contributed by atoms with Crippen molar-refractivity contribution in [2.24, 2.45) is 0 Å². The normalized spacial score (nSPS) is 15.9. The van der Waals surface area contributed by atoms with E-state index in [0.29, 0.717) is 22.6 Å². The van der Waals surface area contributed by atoms with Crippen molar-refractivity contribution in [1.82, 2.24) is 14.9 Å². The van der Waals surface area contributed by atoms with E-state index in [1.54, 1.807) is 0 Å². The van der Waals surface area contributed by atoms with Crippen LogP contribution in [0.25, 0.3) is 0 Å². The van der Waals surface area contributed by atoms with Gasteiger partial charge in [-0.05, 0) is 36.1 Å². The quantitative estimate of drug-likeness (QED) is 0.297. The highest BCUT2D eigenvalue weighted by molar-refractivity contribution is 7.99. The number of hydrogen-bond donors (Lipinski definition) is 0. The molecule has 1 saturated heterocycles. The standard InChI is InChI=1S/C26H28ClN5OS/c1-19-6-2-5-9-22(19)30-12-14-31(15-13-30)24-16-23(27)28-26(29-24)34-18-25(33)32-11-10-20-7-3-4-8-21(20)17-32/h2-9,16H,10-15,17-18H2,1H3. The number of piperazine rings is 1. The Kier molecular flexibility index (Phi) is 6.92. The summed E-state index contributed by atoms with van der Waals surface area (Å²) in [7, 11) is 0. The number of amides is 1. The van der Waals surface area contributed by atoms with Crippen LogP contribution in [-0.4, -0.2) is 59.3 Å². The molecule has 0 atom stereocenters. The zero-order valence-corrected chi connectivity index (χ0v) is 20.9. The van der Waals surface area contributed by atoms with Gasteiger partial charge in [0.1, 0.15) is 11.0 Å². The summed E-state index contributed by atoms with van der Waals surface area (Å²) in [5.41, 5.74) is 5.15. The van der Waals surface area contributed by atoms with Crippen molar-refractivity contribution in [3.8, 4) is 0 Å². The SMILES string of the molecule is Cc1ccccc1N1CCN(c2cc(Cl)nc(SCC(=O)N3CCc4ccccc4C3)n2)CC1. The second-order valence-electron chi connectivity index (χ2n) is 8.71. The van der Waals surface area contributed by atoms with Crippen molar-refractivity contribution in [1.29, 1.82) is 0 Å². The van der Waals surface area contributed by atoms with Crippen LogP contribution in [0.3, 0.4) is 0 Å². The van der Waals surface area contributed by atoms with Crippen LogP contribution in [0.1, 0.15) is 16.7 Å². The van der Waals surface area contributed by atoms with E-state index in [-0.39, 0.29) is 5.91 Å². The molecule has 2 aliphatic rings. The van der Waals surface area contributed by atoms with Crippen LogP contribution in [0.4, 0.5) is 11.5 Å². The van der Waals surface area contributed by atoms with Gasteiger partial charge in [-0.15, -0.1) is 0 Å². The topological polar surface area (TPSA) is 52.6 Å². The maximum atomic E-state index is 12.9. The molecule has 8 heteroatoms. The number of carbonyl (C=O) groups excluding carboxylic acids is 1. The fraction of sp³-hybridized carbons (Fsp3) is 0.346. The lowest BCUT2D eigenvalue weighted by Gasteiger charge is -2.37. The number of carbonyl (C=O) groups is 1. The summed E-state index contributed by atoms with van der Waals surface area (Å²) in [5, 5.41) is 0.961. The summed E-state index contributed by atoms with van der Waals surface area (Å²) < 4.78 is 0. The van der Waals surface area contributed by atoms with Crippen LogP contribution >= 0.6 is 23.4 Å². The molecule has 1 amide bonds. The molecular weight excluding hydrogens is 466 g/mol. The van der Waals surface area contributed by atoms with Gasteiger partial charge in [-0.2, -0.15) is 0 Å². The number of thioether (sulfide) groups is 1. The summed E-state index contributed by atoms with van der Waals surface area (Å²) >= 11 is 7.70. The molecule has 0 bridgehead atoms. The lowest BCUT2D eigenvalue weighted by molar-refractivity contribution is -0.129. The zero-order valence-electron chi connectivity index (χ0n) is 19.3. The van der Waals surface area contributed by atoms with Crippen LogP contribution in [0.2, 0.25) is 5.15 Å². The minimum Gasteiger partial charge on any atom is -0.368 e. The second-order valence-corrected chi connectivity index (χ2v) is 10.0. The first kappa shape index (κ1) is 23.0. The lowest BCUT2D eigenvalue weighted by Crippen LogP contribution is -2.47. The van der Waals surface area contributed by atoms with Gasteiger partial charge in [0.05, 0.1) is 5.75 Å². The van der Waals surface area contributed by atoms with Gasteiger partial charge in [-0.1, -0.05) is 65.8 Å². The largest absolute Gasteiger partial charge is 0.368 e. The Balaban J connectivity index is 1.19. The van der Waals surface area contributed by atoms with E-state index >= 15 is 0 Å². The molecule has 176 valence electrons. The highest BCUT2D eigenvalue weighted by Crippen LogP contribution is 2.26. The molecule has 0 aliphatic carbocycles. The van der Waals surface area contributed by atoms with E-state index < -0.39 is 0 Å². The van der Waals surface area contributed by atoms with Gasteiger partial charge in [0.15, 0.2) is 5.16 Å². The van der Waals surface area contributed by atoms with Crippen LogP contribution in [0.5, 0.6) is 0 Å². The summed E-state index contributed by atoms with van der Waals surface area (Å²) in [6.45, 7) is 7.13. The number of nitrogens with zero attached hydrogens (tertiary/aromatic N) is 5. The first-order chi connectivity index (χ1) is 16.6. The highest BCUT2D eigenvalue weighted by Gasteiger charge is 2.23. The van der Waals surface area contributed by atoms with E-state index in [9.17, 15) is 4.79 Å². The second kappa shape index (κ2) is 10.2. The maximum Gasteiger partial charge on any atom is 0.233 e. The molecule has 2 aliphatic heterocycles. The van der Waals surface area contributed by atoms with Crippen LogP contribution in [-0.2, 0) is 17.8 Å². The number of hydrogen-bond acceptors (Lipinski definition) is 6. The monoisotopic (exact) mass is 493 g/mol. The summed E-state index contributed by atoms with van der Waals surface area (Å²) in [6, 6.07) is 18.7. The number of halogens is 1. The van der Waals surface area contributed by atoms with E-state index in [4.69, 9.17) is 16.6 Å². The van der Waals surface area contributed by atoms with Gasteiger partial charge in [-0.25, -0.2) is 9.97 Å². The molecule has 34 heavy (non-hydrogen) atoms. The fourth-order valence-corrected chi connectivity index (χ4v) is 5.62. The molecule has 5 rings (SSSR count). The first-order valence-corrected chi connectivity index (χ1v) is 13.0. The maximum absolute atomic E-state index is 12.9. The predicted molar refractivity (Wildman–Crippen MR) is 139 cm³/mol. The minimum atomic E-state index is 0.108. The summed E-state index contributed by atoms with van der Waals surface area (Å²) in [5.74, 6) is 1.24. The first-order valence-electron chi connectivity index (χ1n) is 11.6. The number of para-hydroxylation sites is 1. The van der Waals surface area contributed by atoms with E-state index in [2.05, 4.69) is 64.2 Å². The van der Waals surface area contributed by atoms with Gasteiger partial charge in [0.2, 0.25) is 5.91 Å². The Hall–Kier alpha value is -2.77. The van der Waals surface area contributed by atoms with Gasteiger partial charge in [-0.3, -0.25) is 4.79 Å². The average Bonchev–Trinajstić information content (AvgIpc) is 2.87. The number of aromatic nitrogens is 2. The highest BCUT2D eigenvalue weighted by atomic mass is 35.5. The van der Waals surface area contributed by atoms with E-state index in [1.165, 1.54) is 34.1 Å². The van der Waals surface area contributed by atoms with Crippen molar-refractivity contribution in [2.75, 3.05) is 48.3 Å². The average molecular weight is 494 g/mol. The third-order valence-electron chi connectivity index (χ3n) is 6.53. The van der Waals surface area contributed by atoms with Crippen molar-refractivity contribution in [3.63, 3.8) is 0 Å². The molecule has 0 spiro atoms.